The molecule has 2 unspecified atom stereocenters. The molecule has 2 rings (SSSR count). The summed E-state index contributed by atoms with van der Waals surface area (Å²) in [4.78, 5) is 0. The third-order valence-corrected chi connectivity index (χ3v) is 4.10. The minimum atomic E-state index is 0.164. The smallest absolute Gasteiger partial charge is 0.0677 e. The fourth-order valence-corrected chi connectivity index (χ4v) is 2.75. The lowest BCUT2D eigenvalue weighted by molar-refractivity contribution is 0.514. The lowest BCUT2D eigenvalue weighted by Gasteiger charge is -2.22. The van der Waals surface area contributed by atoms with Gasteiger partial charge < -0.3 is 5.32 Å². The summed E-state index contributed by atoms with van der Waals surface area (Å²) in [5.41, 5.74) is 1.14. The number of nitrogens with one attached hydrogen (secondary N) is 1. The Morgan fingerprint density at radius 1 is 1.12 bits per heavy atom. The second-order valence-corrected chi connectivity index (χ2v) is 5.88. The fraction of sp³-hybridized carbons (Fsp3) is 0.500. The molecule has 1 fully saturated rings. The van der Waals surface area contributed by atoms with Crippen LogP contribution in [0.25, 0.3) is 0 Å². The van der Waals surface area contributed by atoms with Gasteiger partial charge >= 0.3 is 0 Å². The predicted molar refractivity (Wildman–Crippen MR) is 78.8 cm³/mol. The standard InChI is InChI=1S/C14H17IN2/c15-12-6-8-13(9-7-12)17-14-5-3-1-2-4-11(14)10-16/h6-9,11,14,17H,1-5H2. The summed E-state index contributed by atoms with van der Waals surface area (Å²) >= 11 is 2.30. The molecule has 0 bridgehead atoms. The van der Waals surface area contributed by atoms with Crippen LogP contribution < -0.4 is 5.32 Å². The van der Waals surface area contributed by atoms with Crippen LogP contribution in [0, 0.1) is 20.8 Å². The zero-order chi connectivity index (χ0) is 12.1. The summed E-state index contributed by atoms with van der Waals surface area (Å²) in [5, 5.41) is 12.7. The van der Waals surface area contributed by atoms with Gasteiger partial charge in [-0.05, 0) is 59.7 Å². The first-order chi connectivity index (χ1) is 8.29. The maximum atomic E-state index is 9.22. The van der Waals surface area contributed by atoms with Crippen LogP contribution >= 0.6 is 22.6 Å². The van der Waals surface area contributed by atoms with Crippen LogP contribution in [0.1, 0.15) is 32.1 Å². The predicted octanol–water partition coefficient (Wildman–Crippen LogP) is 4.18. The molecule has 0 aliphatic heterocycles. The summed E-state index contributed by atoms with van der Waals surface area (Å²) < 4.78 is 1.24. The van der Waals surface area contributed by atoms with E-state index >= 15 is 0 Å². The Hall–Kier alpha value is -0.760. The average Bonchev–Trinajstić information content (AvgIpc) is 2.57. The van der Waals surface area contributed by atoms with Crippen molar-refractivity contribution in [2.24, 2.45) is 5.92 Å². The van der Waals surface area contributed by atoms with Gasteiger partial charge in [0.25, 0.3) is 0 Å². The summed E-state index contributed by atoms with van der Waals surface area (Å²) in [6.07, 6.45) is 5.86. The molecule has 2 atom stereocenters. The summed E-state index contributed by atoms with van der Waals surface area (Å²) in [5.74, 6) is 0.164. The van der Waals surface area contributed by atoms with Crippen molar-refractivity contribution in [2.75, 3.05) is 5.32 Å². The Labute approximate surface area is 117 Å². The molecule has 0 radical (unpaired) electrons. The molecular formula is C14H17IN2. The van der Waals surface area contributed by atoms with Gasteiger partial charge in [0.05, 0.1) is 12.0 Å². The molecule has 0 heterocycles. The first-order valence-corrected chi connectivity index (χ1v) is 7.29. The number of anilines is 1. The Morgan fingerprint density at radius 3 is 2.53 bits per heavy atom. The number of nitrogens with zero attached hydrogens (tertiary/aromatic N) is 1. The topological polar surface area (TPSA) is 35.8 Å². The van der Waals surface area contributed by atoms with Crippen LogP contribution in [0.3, 0.4) is 0 Å². The van der Waals surface area contributed by atoms with Crippen LogP contribution in [0.4, 0.5) is 5.69 Å². The number of benzene rings is 1. The molecule has 0 saturated heterocycles. The van der Waals surface area contributed by atoms with Gasteiger partial charge in [0, 0.05) is 15.3 Å². The van der Waals surface area contributed by atoms with Crippen molar-refractivity contribution < 1.29 is 0 Å². The normalized spacial score (nSPS) is 24.7. The lowest BCUT2D eigenvalue weighted by Crippen LogP contribution is -2.27. The van der Waals surface area contributed by atoms with E-state index in [1.165, 1.54) is 22.8 Å². The van der Waals surface area contributed by atoms with Crippen molar-refractivity contribution in [3.8, 4) is 6.07 Å². The van der Waals surface area contributed by atoms with Crippen LogP contribution in [0.15, 0.2) is 24.3 Å². The molecule has 0 amide bonds. The van der Waals surface area contributed by atoms with Gasteiger partial charge in [-0.2, -0.15) is 5.26 Å². The highest BCUT2D eigenvalue weighted by molar-refractivity contribution is 14.1. The second kappa shape index (κ2) is 6.25. The van der Waals surface area contributed by atoms with E-state index in [1.807, 2.05) is 0 Å². The largest absolute Gasteiger partial charge is 0.381 e. The number of hydrogen-bond acceptors (Lipinski definition) is 2. The van der Waals surface area contributed by atoms with E-state index in [2.05, 4.69) is 58.2 Å². The molecule has 90 valence electrons. The first kappa shape index (κ1) is 12.7. The molecule has 0 spiro atoms. The van der Waals surface area contributed by atoms with Crippen molar-refractivity contribution in [1.82, 2.24) is 0 Å². The van der Waals surface area contributed by atoms with Crippen molar-refractivity contribution in [2.45, 2.75) is 38.1 Å². The molecule has 1 N–H and O–H groups in total. The van der Waals surface area contributed by atoms with Gasteiger partial charge in [-0.25, -0.2) is 0 Å². The number of halogens is 1. The SMILES string of the molecule is N#CC1CCCCCC1Nc1ccc(I)cc1. The van der Waals surface area contributed by atoms with Gasteiger partial charge in [0.15, 0.2) is 0 Å². The molecule has 1 saturated carbocycles. The maximum absolute atomic E-state index is 9.22. The number of nitriles is 1. The van der Waals surface area contributed by atoms with E-state index in [0.29, 0.717) is 6.04 Å². The Balaban J connectivity index is 2.05. The molecule has 1 aliphatic carbocycles. The van der Waals surface area contributed by atoms with E-state index in [1.54, 1.807) is 0 Å². The van der Waals surface area contributed by atoms with E-state index in [9.17, 15) is 5.26 Å². The minimum absolute atomic E-state index is 0.164. The number of rotatable bonds is 2. The van der Waals surface area contributed by atoms with E-state index < -0.39 is 0 Å². The van der Waals surface area contributed by atoms with E-state index in [0.717, 1.165) is 18.5 Å². The van der Waals surface area contributed by atoms with Crippen LogP contribution in [-0.4, -0.2) is 6.04 Å². The van der Waals surface area contributed by atoms with Gasteiger partial charge in [-0.3, -0.25) is 0 Å². The third kappa shape index (κ3) is 3.60. The van der Waals surface area contributed by atoms with Gasteiger partial charge in [-0.1, -0.05) is 19.3 Å². The highest BCUT2D eigenvalue weighted by atomic mass is 127. The summed E-state index contributed by atoms with van der Waals surface area (Å²) in [7, 11) is 0. The zero-order valence-corrected chi connectivity index (χ0v) is 12.0. The van der Waals surface area contributed by atoms with Crippen molar-refractivity contribution in [3.63, 3.8) is 0 Å². The molecule has 1 aromatic carbocycles. The van der Waals surface area contributed by atoms with Crippen molar-refractivity contribution in [1.29, 1.82) is 5.26 Å². The molecular weight excluding hydrogens is 323 g/mol. The van der Waals surface area contributed by atoms with E-state index in [4.69, 9.17) is 0 Å². The zero-order valence-electron chi connectivity index (χ0n) is 9.82. The second-order valence-electron chi connectivity index (χ2n) is 4.63. The van der Waals surface area contributed by atoms with Gasteiger partial charge in [-0.15, -0.1) is 0 Å². The van der Waals surface area contributed by atoms with Gasteiger partial charge in [0.2, 0.25) is 0 Å². The number of hydrogen-bond donors (Lipinski definition) is 1. The Morgan fingerprint density at radius 2 is 1.82 bits per heavy atom. The van der Waals surface area contributed by atoms with Crippen LogP contribution in [0.2, 0.25) is 0 Å². The van der Waals surface area contributed by atoms with Crippen LogP contribution in [0.5, 0.6) is 0 Å². The van der Waals surface area contributed by atoms with Crippen molar-refractivity contribution in [3.05, 3.63) is 27.8 Å². The Kier molecular flexibility index (Phi) is 4.66. The molecule has 3 heteroatoms. The monoisotopic (exact) mass is 340 g/mol. The summed E-state index contributed by atoms with van der Waals surface area (Å²) in [6, 6.07) is 11.2. The van der Waals surface area contributed by atoms with E-state index in [-0.39, 0.29) is 5.92 Å². The lowest BCUT2D eigenvalue weighted by atomic mass is 9.96. The highest BCUT2D eigenvalue weighted by Gasteiger charge is 2.23. The molecule has 1 aromatic rings. The maximum Gasteiger partial charge on any atom is 0.0677 e. The highest BCUT2D eigenvalue weighted by Crippen LogP contribution is 2.26. The first-order valence-electron chi connectivity index (χ1n) is 6.21. The van der Waals surface area contributed by atoms with Gasteiger partial charge in [0.1, 0.15) is 0 Å². The molecule has 0 aromatic heterocycles. The summed E-state index contributed by atoms with van der Waals surface area (Å²) in [6.45, 7) is 0. The van der Waals surface area contributed by atoms with Crippen LogP contribution in [-0.2, 0) is 0 Å². The fourth-order valence-electron chi connectivity index (χ4n) is 2.40. The average molecular weight is 340 g/mol. The molecule has 2 nitrogen and oxygen atoms in total. The third-order valence-electron chi connectivity index (χ3n) is 3.38. The Bertz CT molecular complexity index is 394. The quantitative estimate of drug-likeness (QED) is 0.648. The molecule has 17 heavy (non-hydrogen) atoms. The molecule has 1 aliphatic rings. The minimum Gasteiger partial charge on any atom is -0.381 e. The van der Waals surface area contributed by atoms with Crippen molar-refractivity contribution >= 4 is 28.3 Å².